The van der Waals surface area contributed by atoms with Crippen LogP contribution in [0.2, 0.25) is 0 Å². The van der Waals surface area contributed by atoms with E-state index in [1.54, 1.807) is 12.1 Å². The Bertz CT molecular complexity index is 750. The number of nitrogens with one attached hydrogen (secondary N) is 1. The number of pyridine rings is 2. The Hall–Kier alpha value is -2.82. The van der Waals surface area contributed by atoms with Crippen molar-refractivity contribution in [1.82, 2.24) is 9.97 Å². The topological polar surface area (TPSA) is 64.8 Å². The van der Waals surface area contributed by atoms with E-state index < -0.39 is 11.7 Å². The van der Waals surface area contributed by atoms with Gasteiger partial charge in [0.05, 0.1) is 11.1 Å². The first-order valence-corrected chi connectivity index (χ1v) is 7.86. The molecule has 0 aliphatic carbocycles. The number of nitrogens with zero attached hydrogens (tertiary/aromatic N) is 4. The van der Waals surface area contributed by atoms with Crippen LogP contribution in [-0.2, 0) is 6.18 Å². The first kappa shape index (κ1) is 17.0. The molecule has 1 aliphatic rings. The van der Waals surface area contributed by atoms with Gasteiger partial charge < -0.3 is 10.2 Å². The minimum absolute atomic E-state index is 0.110. The largest absolute Gasteiger partial charge is 0.417 e. The van der Waals surface area contributed by atoms with Gasteiger partial charge in [-0.3, -0.25) is 0 Å². The lowest BCUT2D eigenvalue weighted by atomic mass is 10.1. The van der Waals surface area contributed by atoms with Crippen LogP contribution in [0.1, 0.15) is 24.0 Å². The maximum atomic E-state index is 12.6. The fraction of sp³-hybridized carbons (Fsp3) is 0.353. The van der Waals surface area contributed by atoms with E-state index in [1.807, 2.05) is 11.0 Å². The van der Waals surface area contributed by atoms with Gasteiger partial charge in [-0.25, -0.2) is 9.97 Å². The second kappa shape index (κ2) is 6.97. The molecule has 1 atom stereocenters. The number of halogens is 3. The van der Waals surface area contributed by atoms with Gasteiger partial charge in [0.1, 0.15) is 17.7 Å². The number of nitriles is 1. The molecule has 1 aliphatic heterocycles. The summed E-state index contributed by atoms with van der Waals surface area (Å²) in [5.74, 6) is 1.21. The Morgan fingerprint density at radius 1 is 1.16 bits per heavy atom. The van der Waals surface area contributed by atoms with E-state index in [0.29, 0.717) is 23.7 Å². The number of piperidine rings is 1. The van der Waals surface area contributed by atoms with Gasteiger partial charge in [0.2, 0.25) is 0 Å². The van der Waals surface area contributed by atoms with Crippen LogP contribution in [0.25, 0.3) is 0 Å². The van der Waals surface area contributed by atoms with Gasteiger partial charge in [0.15, 0.2) is 0 Å². The van der Waals surface area contributed by atoms with E-state index in [-0.39, 0.29) is 6.04 Å². The van der Waals surface area contributed by atoms with Gasteiger partial charge >= 0.3 is 6.18 Å². The van der Waals surface area contributed by atoms with Crippen molar-refractivity contribution in [3.63, 3.8) is 0 Å². The third-order valence-electron chi connectivity index (χ3n) is 4.07. The van der Waals surface area contributed by atoms with Crippen molar-refractivity contribution in [3.8, 4) is 6.07 Å². The molecule has 1 N–H and O–H groups in total. The van der Waals surface area contributed by atoms with Crippen molar-refractivity contribution in [3.05, 3.63) is 47.8 Å². The molecule has 2 aromatic heterocycles. The zero-order chi connectivity index (χ0) is 17.9. The molecular weight excluding hydrogens is 331 g/mol. The maximum absolute atomic E-state index is 12.6. The Kier molecular flexibility index (Phi) is 4.74. The lowest BCUT2D eigenvalue weighted by Gasteiger charge is -2.34. The molecule has 8 heteroatoms. The molecule has 2 aromatic rings. The van der Waals surface area contributed by atoms with Crippen molar-refractivity contribution in [2.45, 2.75) is 25.1 Å². The average Bonchev–Trinajstić information content (AvgIpc) is 2.62. The van der Waals surface area contributed by atoms with Crippen molar-refractivity contribution < 1.29 is 13.2 Å². The van der Waals surface area contributed by atoms with Crippen molar-refractivity contribution in [2.75, 3.05) is 23.3 Å². The van der Waals surface area contributed by atoms with Crippen LogP contribution in [0.4, 0.5) is 24.8 Å². The van der Waals surface area contributed by atoms with Crippen molar-refractivity contribution in [1.29, 1.82) is 5.26 Å². The van der Waals surface area contributed by atoms with Crippen molar-refractivity contribution >= 4 is 11.6 Å². The number of aromatic nitrogens is 2. The van der Waals surface area contributed by atoms with E-state index in [9.17, 15) is 13.2 Å². The van der Waals surface area contributed by atoms with Crippen LogP contribution < -0.4 is 10.2 Å². The molecule has 25 heavy (non-hydrogen) atoms. The Labute approximate surface area is 143 Å². The summed E-state index contributed by atoms with van der Waals surface area (Å²) < 4.78 is 37.9. The maximum Gasteiger partial charge on any atom is 0.417 e. The predicted molar refractivity (Wildman–Crippen MR) is 87.0 cm³/mol. The molecule has 3 rings (SSSR count). The summed E-state index contributed by atoms with van der Waals surface area (Å²) in [4.78, 5) is 10.1. The molecule has 0 saturated carbocycles. The smallest absolute Gasteiger partial charge is 0.366 e. The Morgan fingerprint density at radius 3 is 2.60 bits per heavy atom. The third kappa shape index (κ3) is 4.18. The molecule has 0 radical (unpaired) electrons. The lowest BCUT2D eigenvalue weighted by Crippen LogP contribution is -2.42. The molecule has 1 unspecified atom stereocenters. The lowest BCUT2D eigenvalue weighted by molar-refractivity contribution is -0.137. The predicted octanol–water partition coefficient (Wildman–Crippen LogP) is 3.45. The number of hydrogen-bond acceptors (Lipinski definition) is 5. The highest BCUT2D eigenvalue weighted by Gasteiger charge is 2.31. The summed E-state index contributed by atoms with van der Waals surface area (Å²) in [5.41, 5.74) is -0.255. The summed E-state index contributed by atoms with van der Waals surface area (Å²) in [7, 11) is 0. The number of rotatable bonds is 3. The van der Waals surface area contributed by atoms with Crippen LogP contribution in [0, 0.1) is 11.3 Å². The fourth-order valence-corrected chi connectivity index (χ4v) is 2.80. The monoisotopic (exact) mass is 347 g/mol. The molecule has 0 spiro atoms. The van der Waals surface area contributed by atoms with E-state index >= 15 is 0 Å². The van der Waals surface area contributed by atoms with Crippen LogP contribution in [0.15, 0.2) is 36.7 Å². The third-order valence-corrected chi connectivity index (χ3v) is 4.07. The van der Waals surface area contributed by atoms with Crippen molar-refractivity contribution in [2.24, 2.45) is 0 Å². The highest BCUT2D eigenvalue weighted by Crippen LogP contribution is 2.30. The van der Waals surface area contributed by atoms with Crippen LogP contribution in [0.5, 0.6) is 0 Å². The normalized spacial score (nSPS) is 17.8. The van der Waals surface area contributed by atoms with E-state index in [1.165, 1.54) is 12.3 Å². The van der Waals surface area contributed by atoms with E-state index in [2.05, 4.69) is 15.3 Å². The van der Waals surface area contributed by atoms with Crippen LogP contribution in [0.3, 0.4) is 0 Å². The van der Waals surface area contributed by atoms with Gasteiger partial charge in [0.25, 0.3) is 0 Å². The SMILES string of the molecule is N#Cc1ccc(NC2CCCN(c3ccc(C(F)(F)F)cn3)C2)nc1. The van der Waals surface area contributed by atoms with E-state index in [0.717, 1.165) is 31.6 Å². The zero-order valence-corrected chi connectivity index (χ0v) is 13.3. The van der Waals surface area contributed by atoms with Gasteiger partial charge in [0, 0.05) is 31.5 Å². The molecule has 130 valence electrons. The number of anilines is 2. The quantitative estimate of drug-likeness (QED) is 0.921. The van der Waals surface area contributed by atoms with Gasteiger partial charge in [-0.15, -0.1) is 0 Å². The standard InChI is InChI=1S/C17H16F3N5/c18-17(19,20)13-4-6-16(23-10-13)25-7-1-2-14(11-25)24-15-5-3-12(8-21)9-22-15/h3-6,9-10,14H,1-2,7,11H2,(H,22,24). The first-order valence-electron chi connectivity index (χ1n) is 7.86. The molecule has 0 aromatic carbocycles. The molecular formula is C17H16F3N5. The molecule has 1 fully saturated rings. The minimum Gasteiger partial charge on any atom is -0.366 e. The number of alkyl halides is 3. The summed E-state index contributed by atoms with van der Waals surface area (Å²) in [6.07, 6.45) is -0.177. The second-order valence-corrected chi connectivity index (χ2v) is 5.88. The molecule has 0 amide bonds. The van der Waals surface area contributed by atoms with Gasteiger partial charge in [-0.2, -0.15) is 18.4 Å². The van der Waals surface area contributed by atoms with Crippen LogP contribution in [-0.4, -0.2) is 29.1 Å². The second-order valence-electron chi connectivity index (χ2n) is 5.88. The zero-order valence-electron chi connectivity index (χ0n) is 13.3. The Morgan fingerprint density at radius 2 is 2.00 bits per heavy atom. The molecule has 0 bridgehead atoms. The first-order chi connectivity index (χ1) is 12.0. The fourth-order valence-electron chi connectivity index (χ4n) is 2.80. The summed E-state index contributed by atoms with van der Waals surface area (Å²) >= 11 is 0. The summed E-state index contributed by atoms with van der Waals surface area (Å²) in [5, 5.41) is 12.1. The van der Waals surface area contributed by atoms with Crippen LogP contribution >= 0.6 is 0 Å². The summed E-state index contributed by atoms with van der Waals surface area (Å²) in [6, 6.07) is 8.02. The number of hydrogen-bond donors (Lipinski definition) is 1. The van der Waals surface area contributed by atoms with E-state index in [4.69, 9.17) is 5.26 Å². The molecule has 1 saturated heterocycles. The summed E-state index contributed by atoms with van der Waals surface area (Å²) in [6.45, 7) is 1.37. The molecule has 5 nitrogen and oxygen atoms in total. The highest BCUT2D eigenvalue weighted by atomic mass is 19.4. The van der Waals surface area contributed by atoms with Gasteiger partial charge in [-0.05, 0) is 37.1 Å². The Balaban J connectivity index is 1.65. The average molecular weight is 347 g/mol. The van der Waals surface area contributed by atoms with Gasteiger partial charge in [-0.1, -0.05) is 0 Å². The highest BCUT2D eigenvalue weighted by molar-refractivity contribution is 5.44. The molecule has 3 heterocycles. The minimum atomic E-state index is -4.38.